The lowest BCUT2D eigenvalue weighted by atomic mass is 9.98. The van der Waals surface area contributed by atoms with E-state index < -0.39 is 0 Å². The maximum Gasteiger partial charge on any atom is 0.259 e. The van der Waals surface area contributed by atoms with Gasteiger partial charge in [-0.1, -0.05) is 10.4 Å². The first-order valence-electron chi connectivity index (χ1n) is 7.27. The van der Waals surface area contributed by atoms with Crippen molar-refractivity contribution in [2.75, 3.05) is 20.3 Å². The summed E-state index contributed by atoms with van der Waals surface area (Å²) in [4.78, 5) is 14.4. The number of ether oxygens (including phenoxy) is 1. The fourth-order valence-corrected chi connectivity index (χ4v) is 2.91. The highest BCUT2D eigenvalue weighted by Crippen LogP contribution is 2.28. The summed E-state index contributed by atoms with van der Waals surface area (Å²) in [5, 5.41) is 12.1. The van der Waals surface area contributed by atoms with E-state index in [1.807, 2.05) is 11.6 Å². The van der Waals surface area contributed by atoms with Crippen molar-refractivity contribution >= 4 is 5.91 Å². The molecule has 0 spiro atoms. The van der Waals surface area contributed by atoms with E-state index in [2.05, 4.69) is 15.5 Å². The Morgan fingerprint density at radius 1 is 1.55 bits per heavy atom. The van der Waals surface area contributed by atoms with Crippen molar-refractivity contribution in [3.63, 3.8) is 0 Å². The van der Waals surface area contributed by atoms with Crippen LogP contribution in [0.25, 0.3) is 0 Å². The van der Waals surface area contributed by atoms with Crippen LogP contribution in [0.3, 0.4) is 0 Å². The maximum absolute atomic E-state index is 12.6. The molecule has 1 amide bonds. The Hall–Kier alpha value is -2.22. The van der Waals surface area contributed by atoms with E-state index >= 15 is 0 Å². The van der Waals surface area contributed by atoms with Crippen LogP contribution in [0.5, 0.6) is 0 Å². The van der Waals surface area contributed by atoms with Gasteiger partial charge in [0.1, 0.15) is 17.0 Å². The van der Waals surface area contributed by atoms with Crippen molar-refractivity contribution in [3.05, 3.63) is 28.9 Å². The van der Waals surface area contributed by atoms with Crippen LogP contribution in [-0.4, -0.2) is 51.2 Å². The second-order valence-electron chi connectivity index (χ2n) is 5.37. The van der Waals surface area contributed by atoms with E-state index in [1.165, 1.54) is 6.20 Å². The Morgan fingerprint density at radius 2 is 2.36 bits per heavy atom. The normalized spacial score (nSPS) is 17.6. The molecule has 3 heterocycles. The predicted octanol–water partition coefficient (Wildman–Crippen LogP) is 0.980. The van der Waals surface area contributed by atoms with E-state index in [-0.39, 0.29) is 11.8 Å². The van der Waals surface area contributed by atoms with E-state index in [1.54, 1.807) is 18.9 Å². The Kier molecular flexibility index (Phi) is 3.93. The van der Waals surface area contributed by atoms with Gasteiger partial charge in [-0.3, -0.25) is 4.79 Å². The number of nitrogens with zero attached hydrogens (tertiary/aromatic N) is 5. The Bertz CT molecular complexity index is 678. The molecule has 0 fully saturated rings. The highest BCUT2D eigenvalue weighted by atomic mass is 16.5. The van der Waals surface area contributed by atoms with E-state index in [0.717, 1.165) is 17.9 Å². The minimum absolute atomic E-state index is 0.0628. The zero-order chi connectivity index (χ0) is 15.7. The number of carbonyl (C=O) groups is 1. The molecule has 1 aliphatic heterocycles. The molecule has 22 heavy (non-hydrogen) atoms. The molecule has 0 aliphatic carbocycles. The number of hydrogen-bond acceptors (Lipinski definition) is 6. The summed E-state index contributed by atoms with van der Waals surface area (Å²) in [5.41, 5.74) is 2.38. The molecular formula is C14H19N5O3. The van der Waals surface area contributed by atoms with Crippen LogP contribution in [-0.2, 0) is 17.8 Å². The molecule has 8 heteroatoms. The minimum atomic E-state index is -0.100. The monoisotopic (exact) mass is 305 g/mol. The summed E-state index contributed by atoms with van der Waals surface area (Å²) < 4.78 is 12.2. The summed E-state index contributed by atoms with van der Waals surface area (Å²) in [7, 11) is 1.66. The van der Waals surface area contributed by atoms with Crippen LogP contribution in [0.4, 0.5) is 0 Å². The molecule has 118 valence electrons. The highest BCUT2D eigenvalue weighted by Gasteiger charge is 2.34. The van der Waals surface area contributed by atoms with Crippen molar-refractivity contribution in [3.8, 4) is 0 Å². The second-order valence-corrected chi connectivity index (χ2v) is 5.37. The zero-order valence-electron chi connectivity index (χ0n) is 12.9. The molecule has 3 rings (SSSR count). The number of rotatable bonds is 4. The molecule has 0 saturated heterocycles. The number of hydrogen-bond donors (Lipinski definition) is 0. The van der Waals surface area contributed by atoms with Crippen LogP contribution in [0.2, 0.25) is 0 Å². The van der Waals surface area contributed by atoms with E-state index in [4.69, 9.17) is 9.26 Å². The average molecular weight is 305 g/mol. The van der Waals surface area contributed by atoms with Gasteiger partial charge < -0.3 is 14.2 Å². The van der Waals surface area contributed by atoms with E-state index in [0.29, 0.717) is 31.0 Å². The quantitative estimate of drug-likeness (QED) is 0.837. The third-order valence-corrected chi connectivity index (χ3v) is 3.95. The molecule has 0 aromatic carbocycles. The number of fused-ring (bicyclic) bond motifs is 1. The summed E-state index contributed by atoms with van der Waals surface area (Å²) >= 11 is 0. The summed E-state index contributed by atoms with van der Waals surface area (Å²) in [6.07, 6.45) is 1.46. The van der Waals surface area contributed by atoms with Gasteiger partial charge in [0.2, 0.25) is 0 Å². The van der Waals surface area contributed by atoms with Gasteiger partial charge in [0.25, 0.3) is 5.91 Å². The largest absolute Gasteiger partial charge is 0.384 e. The number of aromatic nitrogens is 4. The van der Waals surface area contributed by atoms with Gasteiger partial charge in [-0.05, 0) is 13.8 Å². The lowest BCUT2D eigenvalue weighted by Crippen LogP contribution is -2.40. The van der Waals surface area contributed by atoms with Crippen LogP contribution in [0.1, 0.15) is 40.3 Å². The standard InChI is InChI=1S/C14H19N5O3/c1-4-19-13-10(8-21-3)6-18(7-12(13)16-17-19)14(20)11-5-15-22-9(11)2/h5,10H,4,6-8H2,1-3H3/t10-/m0/s1. The maximum atomic E-state index is 12.6. The average Bonchev–Trinajstić information content (AvgIpc) is 3.12. The predicted molar refractivity (Wildman–Crippen MR) is 76.3 cm³/mol. The second kappa shape index (κ2) is 5.88. The van der Waals surface area contributed by atoms with Gasteiger partial charge in [-0.2, -0.15) is 0 Å². The van der Waals surface area contributed by atoms with Gasteiger partial charge >= 0.3 is 0 Å². The molecule has 2 aromatic rings. The number of methoxy groups -OCH3 is 1. The fraction of sp³-hybridized carbons (Fsp3) is 0.571. The molecule has 0 radical (unpaired) electrons. The van der Waals surface area contributed by atoms with Crippen molar-refractivity contribution in [1.82, 2.24) is 25.1 Å². The Morgan fingerprint density at radius 3 is 3.00 bits per heavy atom. The van der Waals surface area contributed by atoms with Crippen molar-refractivity contribution in [1.29, 1.82) is 0 Å². The van der Waals surface area contributed by atoms with Crippen molar-refractivity contribution in [2.45, 2.75) is 32.9 Å². The molecule has 8 nitrogen and oxygen atoms in total. The highest BCUT2D eigenvalue weighted by molar-refractivity contribution is 5.94. The van der Waals surface area contributed by atoms with Gasteiger partial charge in [0.05, 0.1) is 25.0 Å². The first-order chi connectivity index (χ1) is 10.7. The van der Waals surface area contributed by atoms with Crippen molar-refractivity contribution in [2.24, 2.45) is 0 Å². The van der Waals surface area contributed by atoms with Crippen LogP contribution in [0.15, 0.2) is 10.7 Å². The Labute approximate surface area is 128 Å². The van der Waals surface area contributed by atoms with Gasteiger partial charge in [0, 0.05) is 26.1 Å². The van der Waals surface area contributed by atoms with Gasteiger partial charge in [0.15, 0.2) is 0 Å². The zero-order valence-corrected chi connectivity index (χ0v) is 12.9. The van der Waals surface area contributed by atoms with Crippen molar-refractivity contribution < 1.29 is 14.1 Å². The van der Waals surface area contributed by atoms with Gasteiger partial charge in [-0.25, -0.2) is 4.68 Å². The third-order valence-electron chi connectivity index (χ3n) is 3.95. The van der Waals surface area contributed by atoms with Crippen LogP contribution >= 0.6 is 0 Å². The first-order valence-corrected chi connectivity index (χ1v) is 7.27. The molecule has 0 bridgehead atoms. The van der Waals surface area contributed by atoms with E-state index in [9.17, 15) is 4.79 Å². The minimum Gasteiger partial charge on any atom is -0.384 e. The fourth-order valence-electron chi connectivity index (χ4n) is 2.91. The molecule has 1 aliphatic rings. The lowest BCUT2D eigenvalue weighted by Gasteiger charge is -2.32. The smallest absolute Gasteiger partial charge is 0.259 e. The molecule has 1 atom stereocenters. The summed E-state index contributed by atoms with van der Waals surface area (Å²) in [6.45, 7) is 6.04. The number of amides is 1. The summed E-state index contributed by atoms with van der Waals surface area (Å²) in [6, 6.07) is 0. The lowest BCUT2D eigenvalue weighted by molar-refractivity contribution is 0.0671. The molecule has 0 saturated carbocycles. The topological polar surface area (TPSA) is 86.3 Å². The molecule has 0 N–H and O–H groups in total. The number of aryl methyl sites for hydroxylation is 2. The third kappa shape index (κ3) is 2.39. The summed E-state index contributed by atoms with van der Waals surface area (Å²) in [5.74, 6) is 0.487. The SMILES string of the molecule is CCn1nnc2c1[C@H](COC)CN(C(=O)c1cnoc1C)C2. The van der Waals surface area contributed by atoms with Gasteiger partial charge in [-0.15, -0.1) is 5.10 Å². The molecular weight excluding hydrogens is 286 g/mol. The Balaban J connectivity index is 1.90. The molecule has 0 unspecified atom stereocenters. The van der Waals surface area contributed by atoms with Crippen LogP contribution < -0.4 is 0 Å². The first kappa shape index (κ1) is 14.7. The molecule has 2 aromatic heterocycles. The van der Waals surface area contributed by atoms with Crippen LogP contribution in [0, 0.1) is 6.92 Å². The number of carbonyl (C=O) groups excluding carboxylic acids is 1.